The number of nitrogens with zero attached hydrogens (tertiary/aromatic N) is 3. The highest BCUT2D eigenvalue weighted by molar-refractivity contribution is 6.29. The van der Waals surface area contributed by atoms with Crippen molar-refractivity contribution in [2.75, 3.05) is 32.7 Å². The minimum absolute atomic E-state index is 0.171. The molecule has 1 aromatic rings. The minimum Gasteiger partial charge on any atom is -0.444 e. The molecule has 2 aliphatic heterocycles. The molecule has 2 aliphatic rings. The Bertz CT molecular complexity index is 596. The second kappa shape index (κ2) is 7.12. The van der Waals surface area contributed by atoms with Gasteiger partial charge in [-0.05, 0) is 64.8 Å². The summed E-state index contributed by atoms with van der Waals surface area (Å²) in [5.41, 5.74) is 1.12. The van der Waals surface area contributed by atoms with Crippen LogP contribution in [0.4, 0.5) is 4.79 Å². The summed E-state index contributed by atoms with van der Waals surface area (Å²) in [4.78, 5) is 20.6. The molecule has 0 unspecified atom stereocenters. The van der Waals surface area contributed by atoms with Crippen molar-refractivity contribution in [2.45, 2.75) is 45.6 Å². The largest absolute Gasteiger partial charge is 0.444 e. The fourth-order valence-electron chi connectivity index (χ4n) is 3.63. The predicted molar refractivity (Wildman–Crippen MR) is 98.9 cm³/mol. The molecule has 0 aliphatic carbocycles. The predicted octanol–water partition coefficient (Wildman–Crippen LogP) is 3.61. The van der Waals surface area contributed by atoms with Crippen molar-refractivity contribution in [1.29, 1.82) is 0 Å². The van der Waals surface area contributed by atoms with Gasteiger partial charge < -0.3 is 14.5 Å². The zero-order chi connectivity index (χ0) is 18.1. The molecular weight excluding hydrogens is 338 g/mol. The van der Waals surface area contributed by atoms with Crippen LogP contribution in [-0.4, -0.2) is 59.2 Å². The number of pyridine rings is 1. The maximum atomic E-state index is 12.1. The highest BCUT2D eigenvalue weighted by Gasteiger charge is 2.47. The topological polar surface area (TPSA) is 45.7 Å². The monoisotopic (exact) mass is 365 g/mol. The number of likely N-dealkylation sites (tertiary alicyclic amines) is 2. The molecule has 5 nitrogen and oxygen atoms in total. The van der Waals surface area contributed by atoms with Gasteiger partial charge in [0.05, 0.1) is 0 Å². The molecule has 25 heavy (non-hydrogen) atoms. The van der Waals surface area contributed by atoms with E-state index in [0.29, 0.717) is 10.6 Å². The summed E-state index contributed by atoms with van der Waals surface area (Å²) in [5.74, 6) is 0. The van der Waals surface area contributed by atoms with Crippen molar-refractivity contribution < 1.29 is 9.53 Å². The molecule has 0 bridgehead atoms. The molecule has 6 heteroatoms. The lowest BCUT2D eigenvalue weighted by Gasteiger charge is -2.53. The second-order valence-electron chi connectivity index (χ2n) is 8.42. The van der Waals surface area contributed by atoms with Crippen molar-refractivity contribution in [3.8, 4) is 0 Å². The number of halogens is 1. The van der Waals surface area contributed by atoms with Gasteiger partial charge in [0, 0.05) is 31.2 Å². The van der Waals surface area contributed by atoms with Crippen molar-refractivity contribution >= 4 is 17.7 Å². The lowest BCUT2D eigenvalue weighted by atomic mass is 9.72. The van der Waals surface area contributed by atoms with E-state index in [9.17, 15) is 4.79 Å². The molecule has 1 amide bonds. The van der Waals surface area contributed by atoms with E-state index in [0.717, 1.165) is 52.0 Å². The number of hydrogen-bond acceptors (Lipinski definition) is 4. The molecule has 0 N–H and O–H groups in total. The number of carbonyl (C=O) groups excluding carboxylic acids is 1. The van der Waals surface area contributed by atoms with Gasteiger partial charge in [0.15, 0.2) is 0 Å². The van der Waals surface area contributed by atoms with E-state index in [2.05, 4.69) is 9.88 Å². The number of aromatic nitrogens is 1. The summed E-state index contributed by atoms with van der Waals surface area (Å²) in [6.07, 6.45) is 5.01. The van der Waals surface area contributed by atoms with Gasteiger partial charge >= 0.3 is 6.09 Å². The SMILES string of the molecule is CC(C)(C)OC(=O)N1CC2(CCN(CCc3ccc(Cl)nc3)CC2)C1. The molecule has 1 spiro atoms. The molecule has 2 fully saturated rings. The number of ether oxygens (including phenoxy) is 1. The standard InChI is InChI=1S/C19H28ClN3O2/c1-18(2,3)25-17(24)23-13-19(14-23)7-10-22(11-8-19)9-6-15-4-5-16(20)21-12-15/h4-5,12H,6-11,13-14H2,1-3H3. The van der Waals surface area contributed by atoms with Crippen molar-refractivity contribution in [3.05, 3.63) is 29.0 Å². The van der Waals surface area contributed by atoms with E-state index in [-0.39, 0.29) is 6.09 Å². The first-order valence-corrected chi connectivity index (χ1v) is 9.43. The number of rotatable bonds is 3. The van der Waals surface area contributed by atoms with E-state index in [1.54, 1.807) is 0 Å². The van der Waals surface area contributed by atoms with Gasteiger partial charge in [-0.2, -0.15) is 0 Å². The summed E-state index contributed by atoms with van der Waals surface area (Å²) in [5, 5.41) is 0.545. The van der Waals surface area contributed by atoms with E-state index >= 15 is 0 Å². The maximum Gasteiger partial charge on any atom is 0.410 e. The van der Waals surface area contributed by atoms with Gasteiger partial charge in [0.1, 0.15) is 10.8 Å². The number of carbonyl (C=O) groups is 1. The zero-order valence-corrected chi connectivity index (χ0v) is 16.2. The van der Waals surface area contributed by atoms with Crippen molar-refractivity contribution in [3.63, 3.8) is 0 Å². The van der Waals surface area contributed by atoms with E-state index < -0.39 is 5.60 Å². The molecule has 0 saturated carbocycles. The quantitative estimate of drug-likeness (QED) is 0.767. The first kappa shape index (κ1) is 18.5. The molecule has 1 aromatic heterocycles. The van der Waals surface area contributed by atoms with E-state index in [4.69, 9.17) is 16.3 Å². The Morgan fingerprint density at radius 3 is 2.52 bits per heavy atom. The first-order valence-electron chi connectivity index (χ1n) is 9.06. The highest BCUT2D eigenvalue weighted by Crippen LogP contribution is 2.40. The van der Waals surface area contributed by atoms with Crippen LogP contribution < -0.4 is 0 Å². The normalized spacial score (nSPS) is 20.4. The van der Waals surface area contributed by atoms with E-state index in [1.807, 2.05) is 44.0 Å². The Morgan fingerprint density at radius 1 is 1.28 bits per heavy atom. The van der Waals surface area contributed by atoms with E-state index in [1.165, 1.54) is 5.56 Å². The summed E-state index contributed by atoms with van der Waals surface area (Å²) in [7, 11) is 0. The molecule has 3 heterocycles. The zero-order valence-electron chi connectivity index (χ0n) is 15.4. The molecule has 0 radical (unpaired) electrons. The third-order valence-electron chi connectivity index (χ3n) is 5.13. The molecular formula is C19H28ClN3O2. The molecule has 2 saturated heterocycles. The Kier molecular flexibility index (Phi) is 5.26. The summed E-state index contributed by atoms with van der Waals surface area (Å²) in [6.45, 7) is 10.7. The summed E-state index contributed by atoms with van der Waals surface area (Å²) < 4.78 is 5.45. The van der Waals surface area contributed by atoms with Crippen LogP contribution >= 0.6 is 11.6 Å². The number of piperidine rings is 1. The van der Waals surface area contributed by atoms with Crippen LogP contribution in [0, 0.1) is 5.41 Å². The Labute approximate surface area is 155 Å². The second-order valence-corrected chi connectivity index (χ2v) is 8.80. The third kappa shape index (κ3) is 4.85. The van der Waals surface area contributed by atoms with Crippen LogP contribution in [-0.2, 0) is 11.2 Å². The van der Waals surface area contributed by atoms with Gasteiger partial charge in [-0.15, -0.1) is 0 Å². The smallest absolute Gasteiger partial charge is 0.410 e. The van der Waals surface area contributed by atoms with Crippen LogP contribution in [0.2, 0.25) is 5.15 Å². The van der Waals surface area contributed by atoms with Crippen LogP contribution in [0.25, 0.3) is 0 Å². The summed E-state index contributed by atoms with van der Waals surface area (Å²) >= 11 is 5.83. The van der Waals surface area contributed by atoms with Crippen LogP contribution in [0.5, 0.6) is 0 Å². The lowest BCUT2D eigenvalue weighted by Crippen LogP contribution is -2.62. The summed E-state index contributed by atoms with van der Waals surface area (Å²) in [6, 6.07) is 3.90. The molecule has 3 rings (SSSR count). The van der Waals surface area contributed by atoms with Crippen molar-refractivity contribution in [2.24, 2.45) is 5.41 Å². The van der Waals surface area contributed by atoms with Gasteiger partial charge in [0.25, 0.3) is 0 Å². The molecule has 138 valence electrons. The molecule has 0 atom stereocenters. The minimum atomic E-state index is -0.417. The molecule has 0 aromatic carbocycles. The van der Waals surface area contributed by atoms with Gasteiger partial charge in [-0.25, -0.2) is 9.78 Å². The van der Waals surface area contributed by atoms with Gasteiger partial charge in [-0.3, -0.25) is 0 Å². The van der Waals surface area contributed by atoms with Crippen molar-refractivity contribution in [1.82, 2.24) is 14.8 Å². The fourth-order valence-corrected chi connectivity index (χ4v) is 3.74. The van der Waals surface area contributed by atoms with Crippen LogP contribution in [0.3, 0.4) is 0 Å². The lowest BCUT2D eigenvalue weighted by molar-refractivity contribution is -0.0590. The Hall–Kier alpha value is -1.33. The fraction of sp³-hybridized carbons (Fsp3) is 0.684. The maximum absolute atomic E-state index is 12.1. The number of hydrogen-bond donors (Lipinski definition) is 0. The number of amides is 1. The van der Waals surface area contributed by atoms with Gasteiger partial charge in [-0.1, -0.05) is 17.7 Å². The average molecular weight is 366 g/mol. The van der Waals surface area contributed by atoms with Crippen LogP contribution in [0.1, 0.15) is 39.2 Å². The third-order valence-corrected chi connectivity index (χ3v) is 5.35. The Morgan fingerprint density at radius 2 is 1.96 bits per heavy atom. The highest BCUT2D eigenvalue weighted by atomic mass is 35.5. The van der Waals surface area contributed by atoms with Gasteiger partial charge in [0.2, 0.25) is 0 Å². The first-order chi connectivity index (χ1) is 11.7. The van der Waals surface area contributed by atoms with Crippen LogP contribution in [0.15, 0.2) is 18.3 Å². The average Bonchev–Trinajstić information content (AvgIpc) is 2.51. The Balaban J connectivity index is 1.39.